The molecule has 1 aromatic carbocycles. The van der Waals surface area contributed by atoms with Crippen molar-refractivity contribution in [2.75, 3.05) is 11.5 Å². The highest BCUT2D eigenvalue weighted by Gasteiger charge is 2.01. The molecule has 9 N–H and O–H groups in total. The molecule has 0 aliphatic heterocycles. The Morgan fingerprint density at radius 3 is 1.33 bits per heavy atom. The van der Waals surface area contributed by atoms with Gasteiger partial charge < -0.3 is 36.4 Å². The standard InChI is InChI=1S/C6H8N2O2.H3O4P/c7-3-1-5(9)4(8)2-6(3)10;1-5(2,3)4/h1-2,9-10H,7-8H2;(H3,1,2,3,4). The minimum atomic E-state index is -4.64. The third kappa shape index (κ3) is 6.58. The Balaban J connectivity index is 0.000000336. The second-order valence-electron chi connectivity index (χ2n) is 2.48. The van der Waals surface area contributed by atoms with E-state index in [-0.39, 0.29) is 22.9 Å². The highest BCUT2D eigenvalue weighted by Crippen LogP contribution is 2.30. The number of phenols is 2. The van der Waals surface area contributed by atoms with Crippen LogP contribution < -0.4 is 11.5 Å². The van der Waals surface area contributed by atoms with E-state index in [0.717, 1.165) is 0 Å². The van der Waals surface area contributed by atoms with Gasteiger partial charge in [-0.1, -0.05) is 0 Å². The fourth-order valence-electron chi connectivity index (χ4n) is 0.609. The maximum Gasteiger partial charge on any atom is 0.466 e. The smallest absolute Gasteiger partial charge is 0.466 e. The van der Waals surface area contributed by atoms with Gasteiger partial charge in [-0.05, 0) is 0 Å². The molecule has 0 amide bonds. The summed E-state index contributed by atoms with van der Waals surface area (Å²) in [5, 5.41) is 17.8. The fourth-order valence-corrected chi connectivity index (χ4v) is 0.609. The van der Waals surface area contributed by atoms with Crippen LogP contribution in [0.15, 0.2) is 12.1 Å². The summed E-state index contributed by atoms with van der Waals surface area (Å²) in [5.74, 6) is -0.231. The Labute approximate surface area is 84.6 Å². The van der Waals surface area contributed by atoms with Gasteiger partial charge in [0.05, 0.1) is 11.4 Å². The highest BCUT2D eigenvalue weighted by atomic mass is 31.2. The zero-order chi connectivity index (χ0) is 12.2. The quantitative estimate of drug-likeness (QED) is 0.135. The van der Waals surface area contributed by atoms with E-state index in [9.17, 15) is 0 Å². The molecule has 15 heavy (non-hydrogen) atoms. The van der Waals surface area contributed by atoms with E-state index in [4.69, 9.17) is 40.9 Å². The Morgan fingerprint density at radius 1 is 0.933 bits per heavy atom. The van der Waals surface area contributed by atoms with Crippen molar-refractivity contribution in [3.8, 4) is 11.5 Å². The lowest BCUT2D eigenvalue weighted by atomic mass is 10.2. The predicted octanol–water partition coefficient (Wildman–Crippen LogP) is -0.666. The first-order valence-electron chi connectivity index (χ1n) is 3.46. The Hall–Kier alpha value is -1.47. The molecule has 0 saturated carbocycles. The molecule has 0 aliphatic rings. The zero-order valence-corrected chi connectivity index (χ0v) is 8.30. The van der Waals surface area contributed by atoms with E-state index in [0.29, 0.717) is 0 Å². The second kappa shape index (κ2) is 4.85. The van der Waals surface area contributed by atoms with Crippen molar-refractivity contribution in [3.05, 3.63) is 12.1 Å². The summed E-state index contributed by atoms with van der Waals surface area (Å²) < 4.78 is 8.88. The monoisotopic (exact) mass is 238 g/mol. The zero-order valence-electron chi connectivity index (χ0n) is 7.40. The highest BCUT2D eigenvalue weighted by molar-refractivity contribution is 7.45. The number of anilines is 2. The molecule has 0 atom stereocenters. The summed E-state index contributed by atoms with van der Waals surface area (Å²) in [7, 11) is -4.64. The summed E-state index contributed by atoms with van der Waals surface area (Å²) in [5.41, 5.74) is 10.7. The van der Waals surface area contributed by atoms with Crippen LogP contribution in [0.4, 0.5) is 11.4 Å². The third-order valence-electron chi connectivity index (χ3n) is 1.18. The topological polar surface area (TPSA) is 170 Å². The van der Waals surface area contributed by atoms with E-state index < -0.39 is 7.82 Å². The predicted molar refractivity (Wildman–Crippen MR) is 52.9 cm³/mol. The van der Waals surface area contributed by atoms with Gasteiger partial charge in [0.2, 0.25) is 0 Å². The van der Waals surface area contributed by atoms with Crippen molar-refractivity contribution in [1.29, 1.82) is 0 Å². The number of rotatable bonds is 0. The van der Waals surface area contributed by atoms with Gasteiger partial charge in [-0.15, -0.1) is 0 Å². The first-order chi connectivity index (χ1) is 6.61. The van der Waals surface area contributed by atoms with Crippen LogP contribution >= 0.6 is 7.82 Å². The number of benzene rings is 1. The molecule has 0 radical (unpaired) electrons. The molecule has 0 aliphatic carbocycles. The number of phenolic OH excluding ortho intramolecular Hbond substituents is 2. The lowest BCUT2D eigenvalue weighted by Crippen LogP contribution is -1.89. The number of hydrogen-bond donors (Lipinski definition) is 7. The van der Waals surface area contributed by atoms with Crippen molar-refractivity contribution in [1.82, 2.24) is 0 Å². The van der Waals surface area contributed by atoms with Crippen LogP contribution in [0.2, 0.25) is 0 Å². The molecule has 8 nitrogen and oxygen atoms in total. The molecule has 9 heteroatoms. The van der Waals surface area contributed by atoms with Crippen LogP contribution in [0.1, 0.15) is 0 Å². The molecule has 0 heterocycles. The molecular formula is C6H11N2O6P. The lowest BCUT2D eigenvalue weighted by Gasteiger charge is -2.01. The first kappa shape index (κ1) is 13.5. The molecule has 0 bridgehead atoms. The van der Waals surface area contributed by atoms with Crippen molar-refractivity contribution < 1.29 is 29.5 Å². The molecule has 86 valence electrons. The van der Waals surface area contributed by atoms with Gasteiger partial charge in [0.15, 0.2) is 0 Å². The van der Waals surface area contributed by atoms with Gasteiger partial charge in [0.1, 0.15) is 11.5 Å². The van der Waals surface area contributed by atoms with Crippen LogP contribution in [-0.4, -0.2) is 24.9 Å². The van der Waals surface area contributed by atoms with E-state index in [1.165, 1.54) is 12.1 Å². The van der Waals surface area contributed by atoms with Gasteiger partial charge in [-0.25, -0.2) is 4.57 Å². The van der Waals surface area contributed by atoms with Gasteiger partial charge in [-0.3, -0.25) is 0 Å². The van der Waals surface area contributed by atoms with Crippen molar-refractivity contribution in [2.24, 2.45) is 0 Å². The second-order valence-corrected chi connectivity index (χ2v) is 3.51. The number of hydrogen-bond acceptors (Lipinski definition) is 5. The molecule has 1 aromatic rings. The molecule has 1 rings (SSSR count). The van der Waals surface area contributed by atoms with Gasteiger partial charge >= 0.3 is 7.82 Å². The van der Waals surface area contributed by atoms with Crippen LogP contribution in [0.3, 0.4) is 0 Å². The van der Waals surface area contributed by atoms with Crippen LogP contribution in [-0.2, 0) is 4.57 Å². The van der Waals surface area contributed by atoms with Gasteiger partial charge in [0.25, 0.3) is 0 Å². The summed E-state index contributed by atoms with van der Waals surface area (Å²) in [6, 6.07) is 2.40. The molecular weight excluding hydrogens is 227 g/mol. The lowest BCUT2D eigenvalue weighted by molar-refractivity contribution is 0.275. The Kier molecular flexibility index (Phi) is 4.38. The molecule has 0 aromatic heterocycles. The average Bonchev–Trinajstić information content (AvgIpc) is 1.98. The average molecular weight is 238 g/mol. The normalized spacial score (nSPS) is 10.3. The van der Waals surface area contributed by atoms with Crippen molar-refractivity contribution in [3.63, 3.8) is 0 Å². The molecule has 0 spiro atoms. The number of nitrogen functional groups attached to an aromatic ring is 2. The van der Waals surface area contributed by atoms with E-state index >= 15 is 0 Å². The minimum absolute atomic E-state index is 0.115. The maximum atomic E-state index is 8.91. The van der Waals surface area contributed by atoms with E-state index in [2.05, 4.69) is 0 Å². The molecule has 0 unspecified atom stereocenters. The van der Waals surface area contributed by atoms with Crippen molar-refractivity contribution >= 4 is 19.2 Å². The maximum absolute atomic E-state index is 8.91. The van der Waals surface area contributed by atoms with Crippen LogP contribution in [0.5, 0.6) is 11.5 Å². The third-order valence-corrected chi connectivity index (χ3v) is 1.18. The Bertz CT molecular complexity index is 331. The van der Waals surface area contributed by atoms with Crippen LogP contribution in [0, 0.1) is 0 Å². The summed E-state index contributed by atoms with van der Waals surface area (Å²) >= 11 is 0. The van der Waals surface area contributed by atoms with Crippen molar-refractivity contribution in [2.45, 2.75) is 0 Å². The van der Waals surface area contributed by atoms with Gasteiger partial charge in [0, 0.05) is 12.1 Å². The SMILES string of the molecule is Nc1cc(O)c(N)cc1O.O=P(O)(O)O. The largest absolute Gasteiger partial charge is 0.506 e. The summed E-state index contributed by atoms with van der Waals surface area (Å²) in [6.07, 6.45) is 0. The molecule has 0 fully saturated rings. The first-order valence-corrected chi connectivity index (χ1v) is 5.03. The number of aromatic hydroxyl groups is 2. The van der Waals surface area contributed by atoms with E-state index in [1.807, 2.05) is 0 Å². The Morgan fingerprint density at radius 2 is 1.13 bits per heavy atom. The van der Waals surface area contributed by atoms with Crippen LogP contribution in [0.25, 0.3) is 0 Å². The summed E-state index contributed by atoms with van der Waals surface area (Å²) in [6.45, 7) is 0. The number of nitrogens with two attached hydrogens (primary N) is 2. The minimum Gasteiger partial charge on any atom is -0.506 e. The van der Waals surface area contributed by atoms with E-state index in [1.54, 1.807) is 0 Å². The summed E-state index contributed by atoms with van der Waals surface area (Å²) in [4.78, 5) is 21.6. The molecule has 0 saturated heterocycles. The number of phosphoric acid groups is 1. The fraction of sp³-hybridized carbons (Fsp3) is 0. The van der Waals surface area contributed by atoms with Gasteiger partial charge in [-0.2, -0.15) is 0 Å².